The second-order valence-electron chi connectivity index (χ2n) is 10.4. The predicted molar refractivity (Wildman–Crippen MR) is 176 cm³/mol. The second-order valence-corrected chi connectivity index (χ2v) is 11.4. The Balaban J connectivity index is 2.14. The number of fused-ring (bicyclic) bond motifs is 1. The number of aromatic amines is 1. The molecule has 45 heavy (non-hydrogen) atoms. The fraction of sp³-hybridized carbons (Fsp3) is 0.500. The average molecular weight is 648 g/mol. The lowest BCUT2D eigenvalue weighted by atomic mass is 10.0. The van der Waals surface area contributed by atoms with E-state index in [4.69, 9.17) is 28.7 Å². The molecule has 2 aromatic rings. The van der Waals surface area contributed by atoms with Crippen molar-refractivity contribution in [2.75, 3.05) is 25.1 Å². The summed E-state index contributed by atoms with van der Waals surface area (Å²) in [5.74, 6) is -2.83. The summed E-state index contributed by atoms with van der Waals surface area (Å²) >= 11 is 1.45. The van der Waals surface area contributed by atoms with E-state index in [-0.39, 0.29) is 50.7 Å². The van der Waals surface area contributed by atoms with Crippen molar-refractivity contribution in [3.63, 3.8) is 0 Å². The Morgan fingerprint density at radius 2 is 1.38 bits per heavy atom. The van der Waals surface area contributed by atoms with Crippen LogP contribution < -0.4 is 44.6 Å². The number of hydrogen-bond acceptors (Lipinski definition) is 8. The minimum absolute atomic E-state index is 0.0683. The van der Waals surface area contributed by atoms with Crippen LogP contribution in [0.1, 0.15) is 37.7 Å². The van der Waals surface area contributed by atoms with Crippen LogP contribution >= 0.6 is 11.8 Å². The standard InChI is InChI=1S/C28H45N11O5S/c1-45-13-10-21(25(42)39-22(26(43)44)9-5-12-35-28(32)33)38-24(41)20(8-4-11-34-27(30)31)37-23(40)18(29)14-16-15-36-19-7-3-2-6-17(16)19/h2-3,6-7,15,18,20-22,36H,4-5,8-14,29H2,1H3,(H,37,40)(H,38,41)(H,39,42)(H,43,44)(H4,30,31,34)(H4,32,33,35). The number of para-hydroxylation sites is 1. The molecule has 0 saturated heterocycles. The van der Waals surface area contributed by atoms with Crippen molar-refractivity contribution in [3.8, 4) is 0 Å². The van der Waals surface area contributed by atoms with Gasteiger partial charge in [0.15, 0.2) is 11.9 Å². The molecule has 2 rings (SSSR count). The third kappa shape index (κ3) is 12.9. The van der Waals surface area contributed by atoms with Crippen LogP contribution in [0.5, 0.6) is 0 Å². The van der Waals surface area contributed by atoms with Gasteiger partial charge in [-0.2, -0.15) is 11.8 Å². The van der Waals surface area contributed by atoms with Gasteiger partial charge in [-0.25, -0.2) is 4.79 Å². The maximum Gasteiger partial charge on any atom is 0.326 e. The number of benzene rings is 1. The fourth-order valence-electron chi connectivity index (χ4n) is 4.49. The number of H-pyrrole nitrogens is 1. The molecule has 0 aliphatic heterocycles. The van der Waals surface area contributed by atoms with E-state index in [2.05, 4.69) is 30.9 Å². The molecule has 0 fully saturated rings. The van der Waals surface area contributed by atoms with Crippen molar-refractivity contribution in [2.24, 2.45) is 38.7 Å². The van der Waals surface area contributed by atoms with Crippen LogP contribution in [0.2, 0.25) is 0 Å². The predicted octanol–water partition coefficient (Wildman–Crippen LogP) is -1.56. The number of carbonyl (C=O) groups is 4. The Bertz CT molecular complexity index is 1340. The van der Waals surface area contributed by atoms with Crippen LogP contribution in [0.3, 0.4) is 0 Å². The lowest BCUT2D eigenvalue weighted by Gasteiger charge is -2.25. The van der Waals surface area contributed by atoms with Gasteiger partial charge in [-0.05, 0) is 62.2 Å². The Morgan fingerprint density at radius 1 is 0.844 bits per heavy atom. The number of nitrogens with one attached hydrogen (secondary N) is 4. The van der Waals surface area contributed by atoms with E-state index < -0.39 is 47.9 Å². The largest absolute Gasteiger partial charge is 0.480 e. The Labute approximate surface area is 265 Å². The molecule has 0 radical (unpaired) electrons. The van der Waals surface area contributed by atoms with Gasteiger partial charge in [-0.15, -0.1) is 0 Å². The van der Waals surface area contributed by atoms with Crippen LogP contribution in [0.15, 0.2) is 40.4 Å². The van der Waals surface area contributed by atoms with Crippen molar-refractivity contribution in [3.05, 3.63) is 36.0 Å². The lowest BCUT2D eigenvalue weighted by molar-refractivity contribution is -0.142. The Morgan fingerprint density at radius 3 is 1.96 bits per heavy atom. The molecule has 1 aromatic carbocycles. The van der Waals surface area contributed by atoms with Crippen LogP contribution in [0.4, 0.5) is 0 Å². The number of hydrogen-bond donors (Lipinski definition) is 10. The van der Waals surface area contributed by atoms with Crippen molar-refractivity contribution < 1.29 is 24.3 Å². The molecule has 16 nitrogen and oxygen atoms in total. The number of carbonyl (C=O) groups excluding carboxylic acids is 3. The molecule has 1 aromatic heterocycles. The third-order valence-electron chi connectivity index (χ3n) is 6.83. The van der Waals surface area contributed by atoms with Crippen molar-refractivity contribution >= 4 is 58.3 Å². The van der Waals surface area contributed by atoms with E-state index >= 15 is 0 Å². The highest BCUT2D eigenvalue weighted by Crippen LogP contribution is 2.19. The van der Waals surface area contributed by atoms with Gasteiger partial charge in [0, 0.05) is 30.2 Å². The smallest absolute Gasteiger partial charge is 0.326 e. The second kappa shape index (κ2) is 19.0. The van der Waals surface area contributed by atoms with Gasteiger partial charge in [0.1, 0.15) is 18.1 Å². The average Bonchev–Trinajstić information content (AvgIpc) is 3.40. The van der Waals surface area contributed by atoms with Crippen LogP contribution in [-0.2, 0) is 25.6 Å². The molecule has 4 atom stereocenters. The van der Waals surface area contributed by atoms with E-state index in [0.29, 0.717) is 18.6 Å². The Kier molecular flexibility index (Phi) is 15.5. The first-order valence-corrected chi connectivity index (χ1v) is 15.9. The molecule has 0 spiro atoms. The van der Waals surface area contributed by atoms with E-state index in [1.165, 1.54) is 11.8 Å². The molecule has 1 heterocycles. The Hall–Kier alpha value is -4.51. The molecule has 0 saturated carbocycles. The van der Waals surface area contributed by atoms with E-state index in [9.17, 15) is 24.3 Å². The lowest BCUT2D eigenvalue weighted by Crippen LogP contribution is -2.57. The number of aliphatic carboxylic acids is 1. The van der Waals surface area contributed by atoms with E-state index in [0.717, 1.165) is 16.5 Å². The van der Waals surface area contributed by atoms with Gasteiger partial charge in [0.05, 0.1) is 6.04 Å². The van der Waals surface area contributed by atoms with Crippen LogP contribution in [-0.4, -0.2) is 95.0 Å². The summed E-state index contributed by atoms with van der Waals surface area (Å²) in [6.07, 6.45) is 4.92. The van der Waals surface area contributed by atoms with Gasteiger partial charge >= 0.3 is 5.97 Å². The number of carboxylic acid groups (broad SMARTS) is 1. The molecule has 0 bridgehead atoms. The molecule has 248 valence electrons. The van der Waals surface area contributed by atoms with E-state index in [1.54, 1.807) is 6.20 Å². The zero-order valence-electron chi connectivity index (χ0n) is 25.3. The van der Waals surface area contributed by atoms with Gasteiger partial charge in [-0.3, -0.25) is 24.4 Å². The quantitative estimate of drug-likeness (QED) is 0.0445. The summed E-state index contributed by atoms with van der Waals surface area (Å²) in [6, 6.07) is 3.28. The molecular formula is C28H45N11O5S. The monoisotopic (exact) mass is 647 g/mol. The van der Waals surface area contributed by atoms with Gasteiger partial charge in [0.25, 0.3) is 0 Å². The molecular weight excluding hydrogens is 602 g/mol. The number of amides is 3. The molecule has 0 aliphatic rings. The maximum absolute atomic E-state index is 13.5. The molecule has 3 amide bonds. The van der Waals surface area contributed by atoms with Crippen molar-refractivity contribution in [2.45, 2.75) is 62.7 Å². The molecule has 17 heteroatoms. The maximum atomic E-state index is 13.5. The fourth-order valence-corrected chi connectivity index (χ4v) is 4.96. The van der Waals surface area contributed by atoms with Gasteiger partial charge < -0.3 is 54.7 Å². The zero-order chi connectivity index (χ0) is 33.4. The summed E-state index contributed by atoms with van der Waals surface area (Å²) in [4.78, 5) is 62.6. The normalized spacial score (nSPS) is 13.6. The molecule has 0 aliphatic carbocycles. The number of guanidine groups is 2. The number of nitrogens with zero attached hydrogens (tertiary/aromatic N) is 2. The zero-order valence-corrected chi connectivity index (χ0v) is 26.1. The number of thioether (sulfide) groups is 1. The van der Waals surface area contributed by atoms with E-state index in [1.807, 2.05) is 30.5 Å². The molecule has 4 unspecified atom stereocenters. The number of rotatable bonds is 20. The summed E-state index contributed by atoms with van der Waals surface area (Å²) in [5.41, 5.74) is 29.4. The van der Waals surface area contributed by atoms with Crippen LogP contribution in [0.25, 0.3) is 10.9 Å². The number of nitrogens with two attached hydrogens (primary N) is 5. The van der Waals surface area contributed by atoms with Crippen molar-refractivity contribution in [1.82, 2.24) is 20.9 Å². The molecule has 15 N–H and O–H groups in total. The minimum Gasteiger partial charge on any atom is -0.480 e. The van der Waals surface area contributed by atoms with Crippen molar-refractivity contribution in [1.29, 1.82) is 0 Å². The van der Waals surface area contributed by atoms with Crippen LogP contribution in [0, 0.1) is 0 Å². The highest BCUT2D eigenvalue weighted by molar-refractivity contribution is 7.98. The highest BCUT2D eigenvalue weighted by atomic mass is 32.2. The third-order valence-corrected chi connectivity index (χ3v) is 7.48. The van der Waals surface area contributed by atoms with Gasteiger partial charge in [0.2, 0.25) is 17.7 Å². The summed E-state index contributed by atoms with van der Waals surface area (Å²) in [6.45, 7) is 0.401. The summed E-state index contributed by atoms with van der Waals surface area (Å²) in [7, 11) is 0. The number of carboxylic acids is 1. The SMILES string of the molecule is CSCCC(NC(=O)C(CCCN=C(N)N)NC(=O)C(N)Cc1c[nH]c2ccccc12)C(=O)NC(CCCN=C(N)N)C(=O)O. The highest BCUT2D eigenvalue weighted by Gasteiger charge is 2.30. The summed E-state index contributed by atoms with van der Waals surface area (Å²) in [5, 5.41) is 18.5. The number of aliphatic imine (C=N–C) groups is 2. The first-order valence-electron chi connectivity index (χ1n) is 14.5. The first kappa shape index (κ1) is 36.7. The topological polar surface area (TPSA) is 295 Å². The minimum atomic E-state index is -1.24. The van der Waals surface area contributed by atoms with Gasteiger partial charge in [-0.1, -0.05) is 18.2 Å². The summed E-state index contributed by atoms with van der Waals surface area (Å²) < 4.78 is 0. The first-order chi connectivity index (χ1) is 21.4. The number of aromatic nitrogens is 1.